The molecule has 3 heteroatoms. The van der Waals surface area contributed by atoms with E-state index in [1.165, 1.54) is 0 Å². The van der Waals surface area contributed by atoms with Crippen LogP contribution in [0.3, 0.4) is 0 Å². The highest BCUT2D eigenvalue weighted by molar-refractivity contribution is 5.97. The third-order valence-electron chi connectivity index (χ3n) is 2.87. The van der Waals surface area contributed by atoms with Crippen LogP contribution in [0.25, 0.3) is 0 Å². The number of amides is 1. The van der Waals surface area contributed by atoms with Gasteiger partial charge >= 0.3 is 0 Å². The van der Waals surface area contributed by atoms with Crippen molar-refractivity contribution in [3.05, 3.63) is 29.8 Å². The summed E-state index contributed by atoms with van der Waals surface area (Å²) < 4.78 is 0. The Bertz CT molecular complexity index is 385. The minimum Gasteiger partial charge on any atom is -0.329 e. The summed E-state index contributed by atoms with van der Waals surface area (Å²) in [4.78, 5) is 13.9. The van der Waals surface area contributed by atoms with Crippen molar-refractivity contribution < 1.29 is 4.79 Å². The molecule has 1 rings (SSSR count). The predicted octanol–water partition coefficient (Wildman–Crippen LogP) is 1.94. The lowest BCUT2D eigenvalue weighted by Crippen LogP contribution is -2.43. The van der Waals surface area contributed by atoms with Gasteiger partial charge in [-0.1, -0.05) is 18.2 Å². The number of benzene rings is 1. The number of rotatable bonds is 3. The molecule has 3 nitrogen and oxygen atoms in total. The van der Waals surface area contributed by atoms with Crippen LogP contribution in [0, 0.1) is 12.3 Å². The number of carbonyl (C=O) groups is 1. The first kappa shape index (κ1) is 12.7. The molecule has 0 saturated carbocycles. The highest BCUT2D eigenvalue weighted by Crippen LogP contribution is 2.24. The van der Waals surface area contributed by atoms with Crippen molar-refractivity contribution in [2.45, 2.75) is 20.8 Å². The maximum absolute atomic E-state index is 12.2. The van der Waals surface area contributed by atoms with Gasteiger partial charge in [-0.3, -0.25) is 4.79 Å². The van der Waals surface area contributed by atoms with Crippen LogP contribution in [-0.2, 0) is 4.79 Å². The molecule has 0 aromatic heterocycles. The van der Waals surface area contributed by atoms with Crippen LogP contribution in [0.5, 0.6) is 0 Å². The number of nitrogens with two attached hydrogens (primary N) is 1. The van der Waals surface area contributed by atoms with Gasteiger partial charge < -0.3 is 10.6 Å². The van der Waals surface area contributed by atoms with Gasteiger partial charge in [0.2, 0.25) is 5.91 Å². The lowest BCUT2D eigenvalue weighted by atomic mass is 9.91. The highest BCUT2D eigenvalue weighted by Gasteiger charge is 2.29. The Morgan fingerprint density at radius 1 is 1.38 bits per heavy atom. The molecule has 0 aliphatic carbocycles. The standard InChI is InChI=1S/C13H20N2O/c1-10-7-5-6-8-11(10)15(4)12(16)13(2,3)9-14/h5-8H,9,14H2,1-4H3. The molecule has 0 bridgehead atoms. The molecule has 1 aromatic carbocycles. The van der Waals surface area contributed by atoms with E-state index < -0.39 is 5.41 Å². The zero-order valence-electron chi connectivity index (χ0n) is 10.4. The van der Waals surface area contributed by atoms with E-state index in [1.807, 2.05) is 45.0 Å². The van der Waals surface area contributed by atoms with Gasteiger partial charge in [-0.25, -0.2) is 0 Å². The first-order chi connectivity index (χ1) is 7.40. The molecule has 0 spiro atoms. The number of anilines is 1. The Labute approximate surface area is 97.2 Å². The molecule has 0 saturated heterocycles. The van der Waals surface area contributed by atoms with Gasteiger partial charge in [0.15, 0.2) is 0 Å². The lowest BCUT2D eigenvalue weighted by molar-refractivity contribution is -0.125. The van der Waals surface area contributed by atoms with Crippen molar-refractivity contribution >= 4 is 11.6 Å². The Hall–Kier alpha value is -1.35. The van der Waals surface area contributed by atoms with E-state index in [0.29, 0.717) is 6.54 Å². The molecular formula is C13H20N2O. The molecule has 0 radical (unpaired) electrons. The monoisotopic (exact) mass is 220 g/mol. The van der Waals surface area contributed by atoms with Gasteiger partial charge in [0.25, 0.3) is 0 Å². The summed E-state index contributed by atoms with van der Waals surface area (Å²) >= 11 is 0. The Morgan fingerprint density at radius 3 is 2.44 bits per heavy atom. The van der Waals surface area contributed by atoms with E-state index in [1.54, 1.807) is 11.9 Å². The predicted molar refractivity (Wildman–Crippen MR) is 67.4 cm³/mol. The Morgan fingerprint density at radius 2 is 1.94 bits per heavy atom. The zero-order chi connectivity index (χ0) is 12.3. The molecule has 1 amide bonds. The van der Waals surface area contributed by atoms with Crippen molar-refractivity contribution in [1.82, 2.24) is 0 Å². The maximum atomic E-state index is 12.2. The maximum Gasteiger partial charge on any atom is 0.233 e. The molecule has 2 N–H and O–H groups in total. The van der Waals surface area contributed by atoms with Crippen LogP contribution in [0.15, 0.2) is 24.3 Å². The van der Waals surface area contributed by atoms with Crippen molar-refractivity contribution in [1.29, 1.82) is 0 Å². The molecule has 1 aromatic rings. The fourth-order valence-electron chi connectivity index (χ4n) is 1.59. The second-order valence-corrected chi connectivity index (χ2v) is 4.74. The summed E-state index contributed by atoms with van der Waals surface area (Å²) in [6.07, 6.45) is 0. The second-order valence-electron chi connectivity index (χ2n) is 4.74. The highest BCUT2D eigenvalue weighted by atomic mass is 16.2. The summed E-state index contributed by atoms with van der Waals surface area (Å²) in [5.41, 5.74) is 7.12. The van der Waals surface area contributed by atoms with Crippen LogP contribution in [0.4, 0.5) is 5.69 Å². The number of hydrogen-bond acceptors (Lipinski definition) is 2. The molecule has 88 valence electrons. The van der Waals surface area contributed by atoms with E-state index in [9.17, 15) is 4.79 Å². The van der Waals surface area contributed by atoms with Crippen LogP contribution < -0.4 is 10.6 Å². The van der Waals surface area contributed by atoms with Gasteiger partial charge in [-0.15, -0.1) is 0 Å². The summed E-state index contributed by atoms with van der Waals surface area (Å²) in [7, 11) is 1.79. The summed E-state index contributed by atoms with van der Waals surface area (Å²) in [6, 6.07) is 7.83. The fraction of sp³-hybridized carbons (Fsp3) is 0.462. The third kappa shape index (κ3) is 2.42. The van der Waals surface area contributed by atoms with Gasteiger partial charge in [0.05, 0.1) is 5.41 Å². The van der Waals surface area contributed by atoms with E-state index in [4.69, 9.17) is 5.73 Å². The molecular weight excluding hydrogens is 200 g/mol. The van der Waals surface area contributed by atoms with Crippen molar-refractivity contribution in [2.75, 3.05) is 18.5 Å². The van der Waals surface area contributed by atoms with Gasteiger partial charge in [0.1, 0.15) is 0 Å². The SMILES string of the molecule is Cc1ccccc1N(C)C(=O)C(C)(C)CN. The molecule has 0 aliphatic heterocycles. The van der Waals surface area contributed by atoms with Crippen molar-refractivity contribution in [3.8, 4) is 0 Å². The van der Waals surface area contributed by atoms with Crippen LogP contribution >= 0.6 is 0 Å². The largest absolute Gasteiger partial charge is 0.329 e. The molecule has 0 aliphatic rings. The van der Waals surface area contributed by atoms with Crippen molar-refractivity contribution in [3.63, 3.8) is 0 Å². The normalized spacial score (nSPS) is 11.3. The first-order valence-corrected chi connectivity index (χ1v) is 5.44. The summed E-state index contributed by atoms with van der Waals surface area (Å²) in [6.45, 7) is 6.07. The average molecular weight is 220 g/mol. The van der Waals surface area contributed by atoms with E-state index in [0.717, 1.165) is 11.3 Å². The summed E-state index contributed by atoms with van der Waals surface area (Å²) in [5, 5.41) is 0. The third-order valence-corrected chi connectivity index (χ3v) is 2.87. The van der Waals surface area contributed by atoms with Gasteiger partial charge in [0, 0.05) is 19.3 Å². The minimum atomic E-state index is -0.517. The minimum absolute atomic E-state index is 0.0456. The fourth-order valence-corrected chi connectivity index (χ4v) is 1.59. The van der Waals surface area contributed by atoms with Crippen LogP contribution in [0.1, 0.15) is 19.4 Å². The quantitative estimate of drug-likeness (QED) is 0.846. The van der Waals surface area contributed by atoms with Gasteiger partial charge in [-0.05, 0) is 32.4 Å². The smallest absolute Gasteiger partial charge is 0.233 e. The number of hydrogen-bond donors (Lipinski definition) is 1. The Kier molecular flexibility index (Phi) is 3.70. The lowest BCUT2D eigenvalue weighted by Gasteiger charge is -2.29. The van der Waals surface area contributed by atoms with E-state index in [2.05, 4.69) is 0 Å². The van der Waals surface area contributed by atoms with Crippen molar-refractivity contribution in [2.24, 2.45) is 11.1 Å². The second kappa shape index (κ2) is 4.66. The topological polar surface area (TPSA) is 46.3 Å². The first-order valence-electron chi connectivity index (χ1n) is 5.44. The molecule has 16 heavy (non-hydrogen) atoms. The van der Waals surface area contributed by atoms with Crippen LogP contribution in [-0.4, -0.2) is 19.5 Å². The molecule has 0 unspecified atom stereocenters. The van der Waals surface area contributed by atoms with E-state index >= 15 is 0 Å². The summed E-state index contributed by atoms with van der Waals surface area (Å²) in [5.74, 6) is 0.0456. The molecule has 0 heterocycles. The number of carbonyl (C=O) groups excluding carboxylic acids is 1. The van der Waals surface area contributed by atoms with Crippen LogP contribution in [0.2, 0.25) is 0 Å². The Balaban J connectivity index is 3.00. The molecule has 0 fully saturated rings. The van der Waals surface area contributed by atoms with Gasteiger partial charge in [-0.2, -0.15) is 0 Å². The number of aryl methyl sites for hydroxylation is 1. The number of nitrogens with zero attached hydrogens (tertiary/aromatic N) is 1. The number of para-hydroxylation sites is 1. The molecule has 0 atom stereocenters. The average Bonchev–Trinajstić information content (AvgIpc) is 2.27. The van der Waals surface area contributed by atoms with E-state index in [-0.39, 0.29) is 5.91 Å². The zero-order valence-corrected chi connectivity index (χ0v) is 10.4.